The number of pyridine rings is 1. The zero-order valence-corrected chi connectivity index (χ0v) is 14.5. The van der Waals surface area contributed by atoms with Crippen molar-refractivity contribution in [2.45, 2.75) is 0 Å². The minimum absolute atomic E-state index is 0.112. The van der Waals surface area contributed by atoms with E-state index in [1.807, 2.05) is 0 Å². The van der Waals surface area contributed by atoms with Crippen molar-refractivity contribution in [1.29, 1.82) is 0 Å². The van der Waals surface area contributed by atoms with E-state index in [1.54, 1.807) is 23.6 Å². The van der Waals surface area contributed by atoms with E-state index in [0.29, 0.717) is 15.3 Å². The van der Waals surface area contributed by atoms with Crippen LogP contribution in [0.15, 0.2) is 46.4 Å². The number of aromatic nitrogens is 2. The van der Waals surface area contributed by atoms with Crippen molar-refractivity contribution in [1.82, 2.24) is 9.97 Å². The quantitative estimate of drug-likeness (QED) is 0.615. The molecule has 3 aromatic rings. The fraction of sp³-hybridized carbons (Fsp3) is 0. The van der Waals surface area contributed by atoms with E-state index in [1.165, 1.54) is 29.7 Å². The molecule has 3 rings (SSSR count). The molecule has 0 atom stereocenters. The molecule has 0 fully saturated rings. The minimum atomic E-state index is -0.399. The van der Waals surface area contributed by atoms with Gasteiger partial charge in [0.25, 0.3) is 5.91 Å². The molecule has 116 valence electrons. The van der Waals surface area contributed by atoms with Gasteiger partial charge >= 0.3 is 0 Å². The number of halogens is 3. The third kappa shape index (κ3) is 3.74. The smallest absolute Gasteiger partial charge is 0.260 e. The molecule has 0 unspecified atom stereocenters. The summed E-state index contributed by atoms with van der Waals surface area (Å²) >= 11 is 10.4. The fourth-order valence-corrected chi connectivity index (χ4v) is 3.07. The summed E-state index contributed by atoms with van der Waals surface area (Å²) in [5.74, 6) is -0.710. The molecule has 23 heavy (non-hydrogen) atoms. The molecule has 0 saturated heterocycles. The van der Waals surface area contributed by atoms with Crippen LogP contribution in [0.5, 0.6) is 0 Å². The Hall–Kier alpha value is -1.83. The first-order chi connectivity index (χ1) is 11.0. The van der Waals surface area contributed by atoms with Crippen LogP contribution in [0.25, 0.3) is 11.3 Å². The number of hydrogen-bond acceptors (Lipinski definition) is 4. The van der Waals surface area contributed by atoms with Gasteiger partial charge in [-0.25, -0.2) is 14.4 Å². The number of benzene rings is 1. The van der Waals surface area contributed by atoms with Gasteiger partial charge in [-0.3, -0.25) is 10.1 Å². The van der Waals surface area contributed by atoms with Crippen LogP contribution in [0.4, 0.5) is 9.52 Å². The molecule has 2 heterocycles. The van der Waals surface area contributed by atoms with Gasteiger partial charge in [0.2, 0.25) is 0 Å². The summed E-state index contributed by atoms with van der Waals surface area (Å²) < 4.78 is 13.6. The number of anilines is 1. The number of hydrogen-bond donors (Lipinski definition) is 1. The predicted molar refractivity (Wildman–Crippen MR) is 92.4 cm³/mol. The second-order valence-corrected chi connectivity index (χ2v) is 6.62. The van der Waals surface area contributed by atoms with Crippen molar-refractivity contribution in [2.24, 2.45) is 0 Å². The summed E-state index contributed by atoms with van der Waals surface area (Å²) in [5.41, 5.74) is 1.67. The van der Waals surface area contributed by atoms with E-state index in [9.17, 15) is 9.18 Å². The fourth-order valence-electron chi connectivity index (χ4n) is 1.83. The third-order valence-electron chi connectivity index (χ3n) is 2.91. The Morgan fingerprint density at radius 3 is 2.78 bits per heavy atom. The van der Waals surface area contributed by atoms with Gasteiger partial charge in [0, 0.05) is 21.6 Å². The zero-order chi connectivity index (χ0) is 16.4. The number of amides is 1. The monoisotopic (exact) mass is 411 g/mol. The second-order valence-electron chi connectivity index (χ2n) is 4.49. The Labute approximate surface area is 148 Å². The molecule has 8 heteroatoms. The Morgan fingerprint density at radius 1 is 1.30 bits per heavy atom. The summed E-state index contributed by atoms with van der Waals surface area (Å²) in [4.78, 5) is 20.5. The molecule has 0 bridgehead atoms. The lowest BCUT2D eigenvalue weighted by Crippen LogP contribution is -2.12. The third-order valence-corrected chi connectivity index (χ3v) is 4.41. The first-order valence-corrected chi connectivity index (χ1v) is 8.42. The molecule has 0 aliphatic carbocycles. The Bertz CT molecular complexity index is 869. The lowest BCUT2D eigenvalue weighted by Gasteiger charge is -2.03. The van der Waals surface area contributed by atoms with Crippen molar-refractivity contribution in [3.05, 3.63) is 62.9 Å². The van der Waals surface area contributed by atoms with Crippen LogP contribution in [0, 0.1) is 5.82 Å². The molecule has 0 aliphatic heterocycles. The average Bonchev–Trinajstić information content (AvgIpc) is 2.99. The number of rotatable bonds is 3. The maximum absolute atomic E-state index is 12.9. The van der Waals surface area contributed by atoms with Crippen molar-refractivity contribution in [3.8, 4) is 11.3 Å². The summed E-state index contributed by atoms with van der Waals surface area (Å²) in [6.45, 7) is 0. The highest BCUT2D eigenvalue weighted by Crippen LogP contribution is 2.26. The van der Waals surface area contributed by atoms with Crippen molar-refractivity contribution in [2.75, 3.05) is 5.32 Å². The van der Waals surface area contributed by atoms with Gasteiger partial charge in [0.05, 0.1) is 11.3 Å². The second kappa shape index (κ2) is 6.74. The van der Waals surface area contributed by atoms with Crippen LogP contribution < -0.4 is 5.32 Å². The van der Waals surface area contributed by atoms with Crippen LogP contribution >= 0.6 is 38.9 Å². The Morgan fingerprint density at radius 2 is 2.04 bits per heavy atom. The first-order valence-electron chi connectivity index (χ1n) is 6.37. The minimum Gasteiger partial charge on any atom is -0.298 e. The highest BCUT2D eigenvalue weighted by atomic mass is 79.9. The summed E-state index contributed by atoms with van der Waals surface area (Å²) in [6, 6.07) is 7.56. The van der Waals surface area contributed by atoms with Crippen LogP contribution in [-0.4, -0.2) is 15.9 Å². The molecule has 1 aromatic carbocycles. The Balaban J connectivity index is 1.80. The normalized spacial score (nSPS) is 10.6. The molecule has 0 saturated carbocycles. The average molecular weight is 413 g/mol. The maximum Gasteiger partial charge on any atom is 0.260 e. The highest BCUT2D eigenvalue weighted by Gasteiger charge is 2.14. The van der Waals surface area contributed by atoms with Gasteiger partial charge in [-0.2, -0.15) is 0 Å². The number of thiazole rings is 1. The van der Waals surface area contributed by atoms with Gasteiger partial charge in [0.1, 0.15) is 11.0 Å². The van der Waals surface area contributed by atoms with Crippen LogP contribution in [-0.2, 0) is 0 Å². The molecule has 1 N–H and O–H groups in total. The molecule has 2 aromatic heterocycles. The molecule has 0 radical (unpaired) electrons. The molecule has 0 spiro atoms. The van der Waals surface area contributed by atoms with Gasteiger partial charge in [-0.1, -0.05) is 11.6 Å². The largest absolute Gasteiger partial charge is 0.298 e. The molecular formula is C15H8BrClFN3OS. The number of carbonyl (C=O) groups is 1. The first kappa shape index (κ1) is 16.0. The predicted octanol–water partition coefficient (Wildman–Crippen LogP) is 5.01. The standard InChI is InChI=1S/C15H8BrClFN3OS/c16-9-5-11(13(17)19-6-9)14(22)21-15-20-12(7-23-15)8-1-3-10(18)4-2-8/h1-7H,(H,20,21,22). The van der Waals surface area contributed by atoms with E-state index in [-0.39, 0.29) is 16.5 Å². The number of carbonyl (C=O) groups excluding carboxylic acids is 1. The van der Waals surface area contributed by atoms with Crippen LogP contribution in [0.1, 0.15) is 10.4 Å². The van der Waals surface area contributed by atoms with Crippen molar-refractivity contribution < 1.29 is 9.18 Å². The lowest BCUT2D eigenvalue weighted by atomic mass is 10.2. The van der Waals surface area contributed by atoms with Crippen molar-refractivity contribution in [3.63, 3.8) is 0 Å². The van der Waals surface area contributed by atoms with E-state index >= 15 is 0 Å². The molecule has 0 aliphatic rings. The molecular weight excluding hydrogens is 405 g/mol. The summed E-state index contributed by atoms with van der Waals surface area (Å²) in [7, 11) is 0. The Kier molecular flexibility index (Phi) is 4.70. The SMILES string of the molecule is O=C(Nc1nc(-c2ccc(F)cc2)cs1)c1cc(Br)cnc1Cl. The topological polar surface area (TPSA) is 54.9 Å². The van der Waals surface area contributed by atoms with Crippen LogP contribution in [0.3, 0.4) is 0 Å². The molecule has 1 amide bonds. The van der Waals surface area contributed by atoms with Gasteiger partial charge < -0.3 is 0 Å². The van der Waals surface area contributed by atoms with Gasteiger partial charge in [0.15, 0.2) is 5.13 Å². The lowest BCUT2D eigenvalue weighted by molar-refractivity contribution is 0.102. The zero-order valence-electron chi connectivity index (χ0n) is 11.4. The van der Waals surface area contributed by atoms with E-state index in [2.05, 4.69) is 31.2 Å². The van der Waals surface area contributed by atoms with Gasteiger partial charge in [-0.05, 0) is 46.3 Å². The maximum atomic E-state index is 12.9. The van der Waals surface area contributed by atoms with E-state index in [4.69, 9.17) is 11.6 Å². The molecule has 4 nitrogen and oxygen atoms in total. The summed E-state index contributed by atoms with van der Waals surface area (Å²) in [5, 5.41) is 4.99. The number of nitrogens with one attached hydrogen (secondary N) is 1. The van der Waals surface area contributed by atoms with Crippen molar-refractivity contribution >= 4 is 49.9 Å². The number of nitrogens with zero attached hydrogens (tertiary/aromatic N) is 2. The van der Waals surface area contributed by atoms with E-state index in [0.717, 1.165) is 5.56 Å². The van der Waals surface area contributed by atoms with Gasteiger partial charge in [-0.15, -0.1) is 11.3 Å². The van der Waals surface area contributed by atoms with Crippen LogP contribution in [0.2, 0.25) is 5.15 Å². The summed E-state index contributed by atoms with van der Waals surface area (Å²) in [6.07, 6.45) is 1.51. The highest BCUT2D eigenvalue weighted by molar-refractivity contribution is 9.10. The van der Waals surface area contributed by atoms with E-state index < -0.39 is 5.91 Å².